The van der Waals surface area contributed by atoms with E-state index in [1.165, 1.54) is 11.9 Å². The molecule has 1 rings (SSSR count). The van der Waals surface area contributed by atoms with Gasteiger partial charge in [0.2, 0.25) is 5.91 Å². The summed E-state index contributed by atoms with van der Waals surface area (Å²) in [6.45, 7) is 3.72. The van der Waals surface area contributed by atoms with Crippen LogP contribution < -0.4 is 9.46 Å². The summed E-state index contributed by atoms with van der Waals surface area (Å²) in [5, 5.41) is 0. The third-order valence-electron chi connectivity index (χ3n) is 1.86. The summed E-state index contributed by atoms with van der Waals surface area (Å²) in [5.41, 5.74) is 0. The highest BCUT2D eigenvalue weighted by molar-refractivity contribution is 7.98. The lowest BCUT2D eigenvalue weighted by molar-refractivity contribution is -0.122. The summed E-state index contributed by atoms with van der Waals surface area (Å²) in [7, 11) is 1.61. The third kappa shape index (κ3) is 3.47. The third-order valence-corrected chi connectivity index (χ3v) is 2.72. The van der Waals surface area contributed by atoms with Gasteiger partial charge in [0.15, 0.2) is 0 Å². The van der Waals surface area contributed by atoms with Gasteiger partial charge in [0.1, 0.15) is 5.75 Å². The maximum absolute atomic E-state index is 11.3. The van der Waals surface area contributed by atoms with Gasteiger partial charge in [0.25, 0.3) is 0 Å². The number of para-hydroxylation sites is 1. The number of carbonyl (C=O) groups is 1. The predicted octanol–water partition coefficient (Wildman–Crippen LogP) is 2.47. The molecule has 0 aliphatic carbocycles. The lowest BCUT2D eigenvalue weighted by Gasteiger charge is -2.09. The zero-order valence-electron chi connectivity index (χ0n) is 9.11. The first-order valence-electron chi connectivity index (χ1n) is 4.75. The van der Waals surface area contributed by atoms with Gasteiger partial charge < -0.3 is 4.74 Å². The van der Waals surface area contributed by atoms with Crippen molar-refractivity contribution in [3.8, 4) is 5.75 Å². The van der Waals surface area contributed by atoms with Crippen molar-refractivity contribution >= 4 is 17.9 Å². The normalized spacial score (nSPS) is 10.1. The molecule has 1 aromatic carbocycles. The van der Waals surface area contributed by atoms with Crippen LogP contribution in [-0.4, -0.2) is 13.0 Å². The van der Waals surface area contributed by atoms with E-state index in [1.54, 1.807) is 7.11 Å². The van der Waals surface area contributed by atoms with Crippen molar-refractivity contribution in [2.75, 3.05) is 7.11 Å². The Morgan fingerprint density at radius 3 is 2.67 bits per heavy atom. The van der Waals surface area contributed by atoms with E-state index in [2.05, 4.69) is 4.72 Å². The Morgan fingerprint density at radius 2 is 2.07 bits per heavy atom. The fourth-order valence-corrected chi connectivity index (χ4v) is 1.77. The maximum atomic E-state index is 11.3. The van der Waals surface area contributed by atoms with E-state index in [0.29, 0.717) is 0 Å². The molecule has 0 heterocycles. The van der Waals surface area contributed by atoms with Crippen LogP contribution in [0.4, 0.5) is 0 Å². The van der Waals surface area contributed by atoms with Gasteiger partial charge in [-0.05, 0) is 24.1 Å². The Balaban J connectivity index is 2.61. The van der Waals surface area contributed by atoms with E-state index in [-0.39, 0.29) is 11.8 Å². The Labute approximate surface area is 94.3 Å². The van der Waals surface area contributed by atoms with Crippen molar-refractivity contribution < 1.29 is 9.53 Å². The molecule has 4 heteroatoms. The highest BCUT2D eigenvalue weighted by Gasteiger charge is 2.08. The molecule has 0 radical (unpaired) electrons. The molecule has 0 atom stereocenters. The minimum absolute atomic E-state index is 0.00722. The molecule has 1 N–H and O–H groups in total. The Bertz CT molecular complexity index is 339. The topological polar surface area (TPSA) is 38.3 Å². The van der Waals surface area contributed by atoms with Crippen molar-refractivity contribution in [1.29, 1.82) is 0 Å². The molecule has 0 spiro atoms. The molecule has 0 bridgehead atoms. The summed E-state index contributed by atoms with van der Waals surface area (Å²) >= 11 is 1.28. The molecule has 1 amide bonds. The van der Waals surface area contributed by atoms with Crippen LogP contribution in [0.15, 0.2) is 29.2 Å². The first-order chi connectivity index (χ1) is 7.15. The van der Waals surface area contributed by atoms with E-state index >= 15 is 0 Å². The summed E-state index contributed by atoms with van der Waals surface area (Å²) in [6.07, 6.45) is 0. The van der Waals surface area contributed by atoms with E-state index in [9.17, 15) is 4.79 Å². The molecule has 82 valence electrons. The van der Waals surface area contributed by atoms with Crippen LogP contribution in [-0.2, 0) is 4.79 Å². The van der Waals surface area contributed by atoms with Crippen molar-refractivity contribution in [2.45, 2.75) is 18.7 Å². The van der Waals surface area contributed by atoms with Gasteiger partial charge >= 0.3 is 0 Å². The van der Waals surface area contributed by atoms with Crippen molar-refractivity contribution in [3.63, 3.8) is 0 Å². The fourth-order valence-electron chi connectivity index (χ4n) is 0.926. The predicted molar refractivity (Wildman–Crippen MR) is 61.8 cm³/mol. The van der Waals surface area contributed by atoms with Crippen LogP contribution in [0.5, 0.6) is 5.75 Å². The average Bonchev–Trinajstić information content (AvgIpc) is 2.26. The SMILES string of the molecule is COc1ccccc1SNC(=O)C(C)C. The van der Waals surface area contributed by atoms with Crippen molar-refractivity contribution in [2.24, 2.45) is 5.92 Å². The molecule has 3 nitrogen and oxygen atoms in total. The summed E-state index contributed by atoms with van der Waals surface area (Å²) in [5.74, 6) is 0.782. The molecule has 0 unspecified atom stereocenters. The van der Waals surface area contributed by atoms with Crippen LogP contribution >= 0.6 is 11.9 Å². The molecular formula is C11H15NO2S. The van der Waals surface area contributed by atoms with E-state index in [4.69, 9.17) is 4.74 Å². The van der Waals surface area contributed by atoms with Gasteiger partial charge in [-0.3, -0.25) is 9.52 Å². The summed E-state index contributed by atoms with van der Waals surface area (Å²) < 4.78 is 7.94. The van der Waals surface area contributed by atoms with E-state index < -0.39 is 0 Å². The molecule has 0 aromatic heterocycles. The second kappa shape index (κ2) is 5.66. The van der Waals surface area contributed by atoms with Crippen LogP contribution in [0, 0.1) is 5.92 Å². The summed E-state index contributed by atoms with van der Waals surface area (Å²) in [6, 6.07) is 7.58. The van der Waals surface area contributed by atoms with Crippen LogP contribution in [0.3, 0.4) is 0 Å². The number of nitrogens with one attached hydrogen (secondary N) is 1. The first kappa shape index (κ1) is 11.9. The number of hydrogen-bond donors (Lipinski definition) is 1. The highest BCUT2D eigenvalue weighted by Crippen LogP contribution is 2.26. The number of carbonyl (C=O) groups excluding carboxylic acids is 1. The first-order valence-corrected chi connectivity index (χ1v) is 5.56. The lowest BCUT2D eigenvalue weighted by atomic mass is 10.2. The van der Waals surface area contributed by atoms with Crippen LogP contribution in [0.25, 0.3) is 0 Å². The van der Waals surface area contributed by atoms with Crippen molar-refractivity contribution in [3.05, 3.63) is 24.3 Å². The monoisotopic (exact) mass is 225 g/mol. The number of methoxy groups -OCH3 is 1. The minimum Gasteiger partial charge on any atom is -0.496 e. The number of benzene rings is 1. The second-order valence-electron chi connectivity index (χ2n) is 3.37. The van der Waals surface area contributed by atoms with Crippen molar-refractivity contribution in [1.82, 2.24) is 4.72 Å². The zero-order valence-corrected chi connectivity index (χ0v) is 9.93. The standard InChI is InChI=1S/C11H15NO2S/c1-8(2)11(13)12-15-10-7-5-4-6-9(10)14-3/h4-8H,1-3H3,(H,12,13). The fraction of sp³-hybridized carbons (Fsp3) is 0.364. The van der Waals surface area contributed by atoms with E-state index in [1.807, 2.05) is 38.1 Å². The minimum atomic E-state index is -0.00722. The number of rotatable bonds is 4. The molecule has 0 saturated heterocycles. The second-order valence-corrected chi connectivity index (χ2v) is 4.22. The van der Waals surface area contributed by atoms with Gasteiger partial charge in [-0.25, -0.2) is 0 Å². The lowest BCUT2D eigenvalue weighted by Crippen LogP contribution is -2.21. The van der Waals surface area contributed by atoms with E-state index in [0.717, 1.165) is 10.6 Å². The molecule has 0 saturated carbocycles. The Hall–Kier alpha value is -1.16. The van der Waals surface area contributed by atoms with Gasteiger partial charge in [-0.1, -0.05) is 26.0 Å². The molecule has 0 fully saturated rings. The smallest absolute Gasteiger partial charge is 0.232 e. The van der Waals surface area contributed by atoms with Gasteiger partial charge in [-0.2, -0.15) is 0 Å². The molecule has 1 aromatic rings. The van der Waals surface area contributed by atoms with Crippen LogP contribution in [0.1, 0.15) is 13.8 Å². The number of ether oxygens (including phenoxy) is 1. The van der Waals surface area contributed by atoms with Gasteiger partial charge in [0, 0.05) is 5.92 Å². The van der Waals surface area contributed by atoms with Gasteiger partial charge in [0.05, 0.1) is 12.0 Å². The zero-order chi connectivity index (χ0) is 11.3. The molecule has 0 aliphatic rings. The molecule has 0 aliphatic heterocycles. The Kier molecular flexibility index (Phi) is 4.49. The average molecular weight is 225 g/mol. The van der Waals surface area contributed by atoms with Crippen LogP contribution in [0.2, 0.25) is 0 Å². The highest BCUT2D eigenvalue weighted by atomic mass is 32.2. The number of amides is 1. The Morgan fingerprint density at radius 1 is 1.40 bits per heavy atom. The van der Waals surface area contributed by atoms with Gasteiger partial charge in [-0.15, -0.1) is 0 Å². The summed E-state index contributed by atoms with van der Waals surface area (Å²) in [4.78, 5) is 12.3. The maximum Gasteiger partial charge on any atom is 0.232 e. The molecular weight excluding hydrogens is 210 g/mol. The quantitative estimate of drug-likeness (QED) is 0.800. The number of hydrogen-bond acceptors (Lipinski definition) is 3. The molecule has 15 heavy (non-hydrogen) atoms. The largest absolute Gasteiger partial charge is 0.496 e.